The summed E-state index contributed by atoms with van der Waals surface area (Å²) in [6.07, 6.45) is 2.48. The number of carboxylic acid groups (broad SMARTS) is 1. The van der Waals surface area contributed by atoms with Crippen LogP contribution in [0.5, 0.6) is 5.75 Å². The minimum absolute atomic E-state index is 0.0424. The van der Waals surface area contributed by atoms with Gasteiger partial charge in [-0.2, -0.15) is 0 Å². The molecule has 1 aromatic rings. The van der Waals surface area contributed by atoms with Crippen LogP contribution in [0.1, 0.15) is 36.5 Å². The van der Waals surface area contributed by atoms with Crippen LogP contribution in [0.2, 0.25) is 0 Å². The number of hydrogen-bond donors (Lipinski definition) is 3. The van der Waals surface area contributed by atoms with Crippen molar-refractivity contribution < 1.29 is 19.4 Å². The van der Waals surface area contributed by atoms with Crippen LogP contribution in [0.3, 0.4) is 0 Å². The zero-order chi connectivity index (χ0) is 15.1. The van der Waals surface area contributed by atoms with Crippen molar-refractivity contribution >= 4 is 17.6 Å². The summed E-state index contributed by atoms with van der Waals surface area (Å²) in [6.45, 7) is 2.03. The normalized spacial score (nSPS) is 11.8. The van der Waals surface area contributed by atoms with Gasteiger partial charge in [-0.05, 0) is 18.6 Å². The van der Waals surface area contributed by atoms with Gasteiger partial charge in [-0.3, -0.25) is 4.79 Å². The van der Waals surface area contributed by atoms with Crippen molar-refractivity contribution in [1.29, 1.82) is 0 Å². The molecule has 1 amide bonds. The number of anilines is 1. The number of amides is 1. The van der Waals surface area contributed by atoms with Gasteiger partial charge in [0.15, 0.2) is 0 Å². The van der Waals surface area contributed by atoms with Crippen LogP contribution in [-0.2, 0) is 4.79 Å². The third-order valence-corrected chi connectivity index (χ3v) is 2.90. The van der Waals surface area contributed by atoms with E-state index in [4.69, 9.17) is 15.6 Å². The smallest absolute Gasteiger partial charge is 0.339 e. The van der Waals surface area contributed by atoms with Crippen molar-refractivity contribution in [3.8, 4) is 5.75 Å². The summed E-state index contributed by atoms with van der Waals surface area (Å²) in [5, 5.41) is 11.6. The van der Waals surface area contributed by atoms with E-state index in [0.29, 0.717) is 12.1 Å². The molecule has 20 heavy (non-hydrogen) atoms. The van der Waals surface area contributed by atoms with Crippen molar-refractivity contribution in [3.05, 3.63) is 23.8 Å². The highest BCUT2D eigenvalue weighted by atomic mass is 16.5. The van der Waals surface area contributed by atoms with Gasteiger partial charge in [0.25, 0.3) is 0 Å². The average Bonchev–Trinajstić information content (AvgIpc) is 2.44. The average molecular weight is 280 g/mol. The van der Waals surface area contributed by atoms with Crippen LogP contribution in [0.4, 0.5) is 5.69 Å². The molecular weight excluding hydrogens is 260 g/mol. The molecule has 1 aromatic carbocycles. The molecule has 0 bridgehead atoms. The minimum Gasteiger partial charge on any atom is -0.496 e. The number of hydrogen-bond acceptors (Lipinski definition) is 4. The van der Waals surface area contributed by atoms with Gasteiger partial charge in [0.1, 0.15) is 11.3 Å². The Labute approximate surface area is 117 Å². The van der Waals surface area contributed by atoms with Crippen LogP contribution in [0, 0.1) is 0 Å². The number of nitrogens with two attached hydrogens (primary N) is 1. The first-order valence-electron chi connectivity index (χ1n) is 6.47. The largest absolute Gasteiger partial charge is 0.496 e. The second kappa shape index (κ2) is 7.49. The lowest BCUT2D eigenvalue weighted by Crippen LogP contribution is -2.35. The molecule has 1 rings (SSSR count). The Bertz CT molecular complexity index is 488. The Morgan fingerprint density at radius 1 is 1.45 bits per heavy atom. The molecule has 0 spiro atoms. The third-order valence-electron chi connectivity index (χ3n) is 2.90. The van der Waals surface area contributed by atoms with E-state index in [1.165, 1.54) is 25.3 Å². The standard InChI is InChI=1S/C14H20N2O4/c1-3-4-5-11(15)13(17)16-9-6-7-10(14(18)19)12(8-9)20-2/h6-8,11H,3-5,15H2,1-2H3,(H,16,17)(H,18,19)/t11-/m0/s1. The van der Waals surface area contributed by atoms with Crippen molar-refractivity contribution in [2.24, 2.45) is 5.73 Å². The molecule has 4 N–H and O–H groups in total. The van der Waals surface area contributed by atoms with Gasteiger partial charge in [0.05, 0.1) is 13.2 Å². The maximum atomic E-state index is 11.8. The fourth-order valence-corrected chi connectivity index (χ4v) is 1.74. The monoisotopic (exact) mass is 280 g/mol. The highest BCUT2D eigenvalue weighted by Gasteiger charge is 2.15. The summed E-state index contributed by atoms with van der Waals surface area (Å²) in [7, 11) is 1.38. The molecule has 0 aliphatic rings. The number of aromatic carboxylic acids is 1. The van der Waals surface area contributed by atoms with E-state index in [2.05, 4.69) is 5.32 Å². The molecule has 0 aliphatic heterocycles. The number of rotatable bonds is 7. The Morgan fingerprint density at radius 2 is 2.15 bits per heavy atom. The molecule has 0 saturated heterocycles. The lowest BCUT2D eigenvalue weighted by molar-refractivity contribution is -0.117. The molecule has 1 atom stereocenters. The Hall–Kier alpha value is -2.08. The van der Waals surface area contributed by atoms with Crippen molar-refractivity contribution in [2.75, 3.05) is 12.4 Å². The molecule has 0 radical (unpaired) electrons. The summed E-state index contributed by atoms with van der Waals surface area (Å²) in [4.78, 5) is 22.8. The summed E-state index contributed by atoms with van der Waals surface area (Å²) in [6, 6.07) is 3.79. The first-order valence-corrected chi connectivity index (χ1v) is 6.47. The number of unbranched alkanes of at least 4 members (excludes halogenated alkanes) is 1. The second-order valence-corrected chi connectivity index (χ2v) is 4.46. The van der Waals surface area contributed by atoms with E-state index in [-0.39, 0.29) is 17.2 Å². The topological polar surface area (TPSA) is 102 Å². The van der Waals surface area contributed by atoms with Gasteiger partial charge in [-0.1, -0.05) is 19.8 Å². The highest BCUT2D eigenvalue weighted by molar-refractivity contribution is 5.96. The molecule has 6 heteroatoms. The predicted octanol–water partition coefficient (Wildman–Crippen LogP) is 1.85. The lowest BCUT2D eigenvalue weighted by atomic mass is 10.1. The van der Waals surface area contributed by atoms with Crippen LogP contribution in [0.15, 0.2) is 18.2 Å². The second-order valence-electron chi connectivity index (χ2n) is 4.46. The van der Waals surface area contributed by atoms with Gasteiger partial charge in [0, 0.05) is 11.8 Å². The first-order chi connectivity index (χ1) is 9.49. The van der Waals surface area contributed by atoms with Crippen molar-refractivity contribution in [1.82, 2.24) is 0 Å². The molecule has 0 saturated carbocycles. The zero-order valence-electron chi connectivity index (χ0n) is 11.7. The number of methoxy groups -OCH3 is 1. The molecule has 0 unspecified atom stereocenters. The summed E-state index contributed by atoms with van der Waals surface area (Å²) in [5.74, 6) is -1.18. The van der Waals surface area contributed by atoms with Gasteiger partial charge in [0.2, 0.25) is 5.91 Å². The van der Waals surface area contributed by atoms with E-state index >= 15 is 0 Å². The van der Waals surface area contributed by atoms with E-state index in [9.17, 15) is 9.59 Å². The molecule has 0 aliphatic carbocycles. The maximum Gasteiger partial charge on any atom is 0.339 e. The number of ether oxygens (including phenoxy) is 1. The lowest BCUT2D eigenvalue weighted by Gasteiger charge is -2.13. The summed E-state index contributed by atoms with van der Waals surface area (Å²) < 4.78 is 4.99. The van der Waals surface area contributed by atoms with E-state index in [0.717, 1.165) is 12.8 Å². The van der Waals surface area contributed by atoms with Gasteiger partial charge in [-0.25, -0.2) is 4.79 Å². The quantitative estimate of drug-likeness (QED) is 0.707. The van der Waals surface area contributed by atoms with E-state index in [1.54, 1.807) is 0 Å². The van der Waals surface area contributed by atoms with Crippen LogP contribution < -0.4 is 15.8 Å². The number of carbonyl (C=O) groups excluding carboxylic acids is 1. The minimum atomic E-state index is -1.08. The fraction of sp³-hybridized carbons (Fsp3) is 0.429. The molecular formula is C14H20N2O4. The molecule has 0 fully saturated rings. The third kappa shape index (κ3) is 4.24. The van der Waals surface area contributed by atoms with Gasteiger partial charge < -0.3 is 20.9 Å². The van der Waals surface area contributed by atoms with E-state index in [1.807, 2.05) is 6.92 Å². The van der Waals surface area contributed by atoms with Crippen LogP contribution in [0.25, 0.3) is 0 Å². The highest BCUT2D eigenvalue weighted by Crippen LogP contribution is 2.23. The SMILES string of the molecule is CCCC[C@H](N)C(=O)Nc1ccc(C(=O)O)c(OC)c1. The van der Waals surface area contributed by atoms with Gasteiger partial charge in [-0.15, -0.1) is 0 Å². The Morgan fingerprint density at radius 3 is 2.70 bits per heavy atom. The maximum absolute atomic E-state index is 11.8. The number of nitrogens with one attached hydrogen (secondary N) is 1. The van der Waals surface area contributed by atoms with Crippen molar-refractivity contribution in [3.63, 3.8) is 0 Å². The van der Waals surface area contributed by atoms with Gasteiger partial charge >= 0.3 is 5.97 Å². The van der Waals surface area contributed by atoms with Crippen LogP contribution >= 0.6 is 0 Å². The molecule has 0 aromatic heterocycles. The van der Waals surface area contributed by atoms with Crippen molar-refractivity contribution in [2.45, 2.75) is 32.2 Å². The zero-order valence-corrected chi connectivity index (χ0v) is 11.7. The predicted molar refractivity (Wildman–Crippen MR) is 76.1 cm³/mol. The Kier molecular flexibility index (Phi) is 5.99. The molecule has 6 nitrogen and oxygen atoms in total. The fourth-order valence-electron chi connectivity index (χ4n) is 1.74. The number of carbonyl (C=O) groups is 2. The summed E-state index contributed by atoms with van der Waals surface area (Å²) >= 11 is 0. The number of carboxylic acids is 1. The van der Waals surface area contributed by atoms with Crippen LogP contribution in [-0.4, -0.2) is 30.1 Å². The molecule has 110 valence electrons. The Balaban J connectivity index is 2.78. The molecule has 0 heterocycles. The summed E-state index contributed by atoms with van der Waals surface area (Å²) in [5.41, 5.74) is 6.27. The number of benzene rings is 1. The first kappa shape index (κ1) is 16.0. The van der Waals surface area contributed by atoms with E-state index < -0.39 is 12.0 Å².